The first-order valence-corrected chi connectivity index (χ1v) is 13.4. The van der Waals surface area contributed by atoms with Gasteiger partial charge in [-0.3, -0.25) is 0 Å². The highest BCUT2D eigenvalue weighted by Crippen LogP contribution is 2.44. The Balaban J connectivity index is 1.33. The average molecular weight is 573 g/mol. The lowest BCUT2D eigenvalue weighted by Gasteiger charge is -2.41. The minimum absolute atomic E-state index is 0.00587. The number of aromatic amines is 1. The van der Waals surface area contributed by atoms with E-state index >= 15 is 0 Å². The van der Waals surface area contributed by atoms with E-state index in [1.54, 1.807) is 0 Å². The van der Waals surface area contributed by atoms with Crippen LogP contribution in [0.3, 0.4) is 0 Å². The maximum atomic E-state index is 14.2. The molecule has 2 atom stereocenters. The maximum absolute atomic E-state index is 14.2. The van der Waals surface area contributed by atoms with Gasteiger partial charge in [0.1, 0.15) is 17.5 Å². The van der Waals surface area contributed by atoms with E-state index in [-0.39, 0.29) is 22.3 Å². The molecule has 1 aromatic heterocycles. The molecule has 5 N–H and O–H groups in total. The number of aromatic nitrogens is 2. The number of hydrogen-bond acceptors (Lipinski definition) is 5. The van der Waals surface area contributed by atoms with Gasteiger partial charge in [0.15, 0.2) is 0 Å². The van der Waals surface area contributed by atoms with Gasteiger partial charge in [0.2, 0.25) is 0 Å². The Bertz CT molecular complexity index is 1580. The van der Waals surface area contributed by atoms with Crippen molar-refractivity contribution in [2.24, 2.45) is 5.92 Å². The first kappa shape index (κ1) is 27.7. The van der Waals surface area contributed by atoms with Gasteiger partial charge < -0.3 is 25.8 Å². The summed E-state index contributed by atoms with van der Waals surface area (Å²) >= 11 is 12.7. The van der Waals surface area contributed by atoms with E-state index in [0.717, 1.165) is 28.8 Å². The molecule has 4 aromatic rings. The number of halogens is 4. The van der Waals surface area contributed by atoms with Crippen molar-refractivity contribution in [2.45, 2.75) is 51.7 Å². The Morgan fingerprint density at radius 2 is 1.64 bits per heavy atom. The van der Waals surface area contributed by atoms with Crippen LogP contribution in [-0.2, 0) is 15.7 Å². The van der Waals surface area contributed by atoms with E-state index in [2.05, 4.69) is 11.9 Å². The molecule has 6 nitrogen and oxygen atoms in total. The Kier molecular flexibility index (Phi) is 7.08. The van der Waals surface area contributed by atoms with Crippen LogP contribution in [0.2, 0.25) is 10.0 Å². The summed E-state index contributed by atoms with van der Waals surface area (Å²) in [4.78, 5) is 8.09. The summed E-state index contributed by atoms with van der Waals surface area (Å²) < 4.78 is 40.9. The number of nitrogens with zero attached hydrogens (tertiary/aromatic N) is 1. The lowest BCUT2D eigenvalue weighted by Crippen LogP contribution is -2.50. The fourth-order valence-electron chi connectivity index (χ4n) is 5.13. The molecule has 0 bridgehead atoms. The molecule has 1 aliphatic heterocycles. The standard InChI is InChI=1S/C28H29BCl2F2N4O2/c1-14(28(4)27(2,3)38-29(39-28)17-11-21(33)23(35)13-19(17)31)5-8-26-36-24-7-6-15(9-25(24)37-26)16-10-20(32)22(34)12-18(16)30/h6-7,9-14H,5,8,34-35H2,1-4H3,(H,36,37). The SMILES string of the molecule is CC(CCc1nc2ccc(-c3cc(F)c(N)cc3Cl)cc2[nH]1)C1(C)OB(c2cc(F)c(N)cc2Cl)OC1(C)C. The number of rotatable bonds is 6. The summed E-state index contributed by atoms with van der Waals surface area (Å²) in [6, 6.07) is 11.0. The molecule has 1 saturated heterocycles. The number of nitrogens with two attached hydrogens (primary N) is 2. The number of aryl methyl sites for hydroxylation is 1. The third-order valence-electron chi connectivity index (χ3n) is 8.00. The zero-order valence-corrected chi connectivity index (χ0v) is 23.6. The average Bonchev–Trinajstić information content (AvgIpc) is 3.39. The van der Waals surface area contributed by atoms with Crippen LogP contribution in [0.1, 0.15) is 39.9 Å². The van der Waals surface area contributed by atoms with E-state index < -0.39 is 30.0 Å². The number of nitrogens with one attached hydrogen (secondary N) is 1. The van der Waals surface area contributed by atoms with Crippen LogP contribution in [0, 0.1) is 17.6 Å². The number of benzene rings is 3. The molecule has 1 aliphatic rings. The highest BCUT2D eigenvalue weighted by atomic mass is 35.5. The minimum Gasteiger partial charge on any atom is -0.399 e. The molecular formula is C28H29BCl2F2N4O2. The van der Waals surface area contributed by atoms with E-state index in [1.165, 1.54) is 24.3 Å². The largest absolute Gasteiger partial charge is 0.496 e. The number of anilines is 2. The first-order valence-electron chi connectivity index (χ1n) is 12.6. The summed E-state index contributed by atoms with van der Waals surface area (Å²) in [6.45, 7) is 8.01. The molecule has 5 rings (SSSR count). The molecular weight excluding hydrogens is 544 g/mol. The van der Waals surface area contributed by atoms with Gasteiger partial charge in [0.25, 0.3) is 0 Å². The number of imidazole rings is 1. The molecule has 0 spiro atoms. The fourth-order valence-corrected chi connectivity index (χ4v) is 5.67. The zero-order valence-electron chi connectivity index (χ0n) is 22.0. The van der Waals surface area contributed by atoms with E-state index in [1.807, 2.05) is 39.0 Å². The molecule has 0 aliphatic carbocycles. The van der Waals surface area contributed by atoms with Crippen molar-refractivity contribution in [3.63, 3.8) is 0 Å². The van der Waals surface area contributed by atoms with Crippen molar-refractivity contribution >= 4 is 58.2 Å². The first-order chi connectivity index (χ1) is 18.3. The molecule has 0 saturated carbocycles. The van der Waals surface area contributed by atoms with Crippen LogP contribution < -0.4 is 16.9 Å². The summed E-state index contributed by atoms with van der Waals surface area (Å²) in [7, 11) is -0.829. The lowest BCUT2D eigenvalue weighted by atomic mass is 9.75. The molecule has 1 fully saturated rings. The summed E-state index contributed by atoms with van der Waals surface area (Å²) in [5.41, 5.74) is 13.2. The van der Waals surface area contributed by atoms with E-state index in [4.69, 9.17) is 49.0 Å². The number of H-pyrrole nitrogens is 1. The summed E-state index contributed by atoms with van der Waals surface area (Å²) in [5, 5.41) is 0.661. The lowest BCUT2D eigenvalue weighted by molar-refractivity contribution is -0.0512. The van der Waals surface area contributed by atoms with Gasteiger partial charge in [0.05, 0.1) is 38.6 Å². The van der Waals surface area contributed by atoms with Crippen LogP contribution in [0.4, 0.5) is 20.2 Å². The third kappa shape index (κ3) is 4.97. The van der Waals surface area contributed by atoms with Gasteiger partial charge in [-0.05, 0) is 75.1 Å². The summed E-state index contributed by atoms with van der Waals surface area (Å²) in [6.07, 6.45) is 1.39. The Morgan fingerprint density at radius 3 is 2.36 bits per heavy atom. The summed E-state index contributed by atoms with van der Waals surface area (Å²) in [5.74, 6) is -0.244. The van der Waals surface area contributed by atoms with Gasteiger partial charge in [0, 0.05) is 22.5 Å². The molecule has 0 amide bonds. The monoisotopic (exact) mass is 572 g/mol. The van der Waals surface area contributed by atoms with Crippen LogP contribution >= 0.6 is 23.2 Å². The highest BCUT2D eigenvalue weighted by Gasteiger charge is 2.57. The molecule has 2 unspecified atom stereocenters. The predicted octanol–water partition coefficient (Wildman–Crippen LogP) is 6.53. The van der Waals surface area contributed by atoms with Crippen LogP contribution in [0.25, 0.3) is 22.2 Å². The fraction of sp³-hybridized carbons (Fsp3) is 0.321. The second-order valence-electron chi connectivity index (χ2n) is 10.8. The molecule has 3 aromatic carbocycles. The Morgan fingerprint density at radius 1 is 0.974 bits per heavy atom. The van der Waals surface area contributed by atoms with E-state index in [0.29, 0.717) is 22.5 Å². The van der Waals surface area contributed by atoms with Crippen molar-refractivity contribution in [3.05, 3.63) is 70.0 Å². The Labute approximate surface area is 236 Å². The number of nitrogen functional groups attached to an aromatic ring is 2. The normalized spacial score (nSPS) is 19.6. The van der Waals surface area contributed by atoms with Crippen LogP contribution in [0.15, 0.2) is 42.5 Å². The van der Waals surface area contributed by atoms with Gasteiger partial charge in [-0.2, -0.15) is 0 Å². The Hall–Kier alpha value is -2.85. The van der Waals surface area contributed by atoms with Gasteiger partial charge in [-0.25, -0.2) is 13.8 Å². The van der Waals surface area contributed by atoms with E-state index in [9.17, 15) is 8.78 Å². The number of hydrogen-bond donors (Lipinski definition) is 3. The van der Waals surface area contributed by atoms with Crippen molar-refractivity contribution in [1.29, 1.82) is 0 Å². The van der Waals surface area contributed by atoms with Crippen LogP contribution in [0.5, 0.6) is 0 Å². The highest BCUT2D eigenvalue weighted by molar-refractivity contribution is 6.65. The van der Waals surface area contributed by atoms with Crippen LogP contribution in [-0.4, -0.2) is 28.3 Å². The number of fused-ring (bicyclic) bond motifs is 1. The van der Waals surface area contributed by atoms with Crippen molar-refractivity contribution < 1.29 is 18.1 Å². The minimum atomic E-state index is -0.829. The van der Waals surface area contributed by atoms with Crippen molar-refractivity contribution in [2.75, 3.05) is 11.5 Å². The molecule has 204 valence electrons. The molecule has 2 heterocycles. The van der Waals surface area contributed by atoms with Gasteiger partial charge in [-0.1, -0.05) is 36.2 Å². The zero-order chi connectivity index (χ0) is 28.3. The second-order valence-corrected chi connectivity index (χ2v) is 11.6. The molecule has 11 heteroatoms. The maximum Gasteiger partial charge on any atom is 0.496 e. The van der Waals surface area contributed by atoms with Crippen molar-refractivity contribution in [1.82, 2.24) is 9.97 Å². The smallest absolute Gasteiger partial charge is 0.399 e. The van der Waals surface area contributed by atoms with Gasteiger partial charge >= 0.3 is 7.12 Å². The molecule has 39 heavy (non-hydrogen) atoms. The molecule has 0 radical (unpaired) electrons. The predicted molar refractivity (Wildman–Crippen MR) is 154 cm³/mol. The second kappa shape index (κ2) is 9.96. The third-order valence-corrected chi connectivity index (χ3v) is 8.64. The van der Waals surface area contributed by atoms with Gasteiger partial charge in [-0.15, -0.1) is 0 Å². The topological polar surface area (TPSA) is 99.2 Å². The van der Waals surface area contributed by atoms with Crippen molar-refractivity contribution in [3.8, 4) is 11.1 Å². The quantitative estimate of drug-likeness (QED) is 0.180.